The van der Waals surface area contributed by atoms with Crippen molar-refractivity contribution in [3.63, 3.8) is 0 Å². The Bertz CT molecular complexity index is 393. The molecule has 1 aliphatic rings. The SMILES string of the molecule is CN(C(=O)COc1cncc(Br)c1)C1CC1. The second-order valence-electron chi connectivity index (χ2n) is 3.86. The number of aromatic nitrogens is 1. The largest absolute Gasteiger partial charge is 0.482 e. The van der Waals surface area contributed by atoms with E-state index in [9.17, 15) is 4.79 Å². The highest BCUT2D eigenvalue weighted by atomic mass is 79.9. The molecule has 1 aromatic rings. The van der Waals surface area contributed by atoms with Crippen LogP contribution in [-0.2, 0) is 4.79 Å². The van der Waals surface area contributed by atoms with Crippen LogP contribution in [0.25, 0.3) is 0 Å². The van der Waals surface area contributed by atoms with Crippen LogP contribution >= 0.6 is 15.9 Å². The van der Waals surface area contributed by atoms with Gasteiger partial charge in [0.1, 0.15) is 5.75 Å². The first-order chi connectivity index (χ1) is 7.66. The first-order valence-electron chi connectivity index (χ1n) is 5.16. The van der Waals surface area contributed by atoms with Crippen molar-refractivity contribution in [2.45, 2.75) is 18.9 Å². The fourth-order valence-electron chi connectivity index (χ4n) is 1.38. The van der Waals surface area contributed by atoms with Gasteiger partial charge < -0.3 is 9.64 Å². The average molecular weight is 285 g/mol. The lowest BCUT2D eigenvalue weighted by molar-refractivity contribution is -0.132. The van der Waals surface area contributed by atoms with E-state index in [0.717, 1.165) is 17.3 Å². The molecule has 1 fully saturated rings. The van der Waals surface area contributed by atoms with E-state index in [4.69, 9.17) is 4.74 Å². The zero-order valence-corrected chi connectivity index (χ0v) is 10.6. The van der Waals surface area contributed by atoms with Crippen molar-refractivity contribution in [2.75, 3.05) is 13.7 Å². The summed E-state index contributed by atoms with van der Waals surface area (Å²) in [5.74, 6) is 0.620. The van der Waals surface area contributed by atoms with Crippen LogP contribution in [0.2, 0.25) is 0 Å². The van der Waals surface area contributed by atoms with Crippen molar-refractivity contribution < 1.29 is 9.53 Å². The number of nitrogens with zero attached hydrogens (tertiary/aromatic N) is 2. The fourth-order valence-corrected chi connectivity index (χ4v) is 1.73. The number of likely N-dealkylation sites (N-methyl/N-ethyl adjacent to an activating group) is 1. The van der Waals surface area contributed by atoms with Crippen LogP contribution in [0.1, 0.15) is 12.8 Å². The third kappa shape index (κ3) is 2.95. The summed E-state index contributed by atoms with van der Waals surface area (Å²) in [6.07, 6.45) is 5.49. The molecule has 0 aromatic carbocycles. The molecule has 4 nitrogen and oxygen atoms in total. The number of hydrogen-bond donors (Lipinski definition) is 0. The summed E-state index contributed by atoms with van der Waals surface area (Å²) in [5, 5.41) is 0. The van der Waals surface area contributed by atoms with Crippen molar-refractivity contribution in [1.29, 1.82) is 0 Å². The zero-order chi connectivity index (χ0) is 11.5. The van der Waals surface area contributed by atoms with Crippen LogP contribution in [0.15, 0.2) is 22.9 Å². The quantitative estimate of drug-likeness (QED) is 0.847. The number of amides is 1. The molecule has 16 heavy (non-hydrogen) atoms. The van der Waals surface area contributed by atoms with E-state index in [-0.39, 0.29) is 12.5 Å². The molecule has 0 aliphatic heterocycles. The van der Waals surface area contributed by atoms with Gasteiger partial charge in [0, 0.05) is 23.8 Å². The standard InChI is InChI=1S/C11H13BrN2O2/c1-14(9-2-3-9)11(15)7-16-10-4-8(12)5-13-6-10/h4-6,9H,2-3,7H2,1H3. The highest BCUT2D eigenvalue weighted by molar-refractivity contribution is 9.10. The number of pyridine rings is 1. The van der Waals surface area contributed by atoms with Crippen molar-refractivity contribution >= 4 is 21.8 Å². The summed E-state index contributed by atoms with van der Waals surface area (Å²) in [6, 6.07) is 2.22. The van der Waals surface area contributed by atoms with Gasteiger partial charge in [-0.3, -0.25) is 9.78 Å². The molecule has 1 saturated carbocycles. The monoisotopic (exact) mass is 284 g/mol. The molecular weight excluding hydrogens is 272 g/mol. The zero-order valence-electron chi connectivity index (χ0n) is 9.02. The number of carbonyl (C=O) groups excluding carboxylic acids is 1. The Morgan fingerprint density at radius 2 is 2.38 bits per heavy atom. The maximum atomic E-state index is 11.7. The Morgan fingerprint density at radius 1 is 1.62 bits per heavy atom. The lowest BCUT2D eigenvalue weighted by Crippen LogP contribution is -2.33. The highest BCUT2D eigenvalue weighted by Gasteiger charge is 2.29. The van der Waals surface area contributed by atoms with Gasteiger partial charge in [-0.1, -0.05) is 0 Å². The molecule has 0 radical (unpaired) electrons. The van der Waals surface area contributed by atoms with E-state index in [1.54, 1.807) is 23.4 Å². The predicted octanol–water partition coefficient (Wildman–Crippen LogP) is 1.84. The molecule has 1 heterocycles. The first-order valence-corrected chi connectivity index (χ1v) is 5.95. The minimum absolute atomic E-state index is 0.0162. The van der Waals surface area contributed by atoms with Gasteiger partial charge in [-0.25, -0.2) is 0 Å². The molecule has 1 aromatic heterocycles. The van der Waals surface area contributed by atoms with Gasteiger partial charge in [0.15, 0.2) is 6.61 Å². The number of carbonyl (C=O) groups is 1. The number of hydrogen-bond acceptors (Lipinski definition) is 3. The molecular formula is C11H13BrN2O2. The molecule has 0 atom stereocenters. The van der Waals surface area contributed by atoms with E-state index in [2.05, 4.69) is 20.9 Å². The molecule has 86 valence electrons. The maximum absolute atomic E-state index is 11.7. The van der Waals surface area contributed by atoms with Crippen LogP contribution in [0.4, 0.5) is 0 Å². The van der Waals surface area contributed by atoms with E-state index in [1.807, 2.05) is 7.05 Å². The Hall–Kier alpha value is -1.10. The van der Waals surface area contributed by atoms with Gasteiger partial charge in [-0.2, -0.15) is 0 Å². The molecule has 2 rings (SSSR count). The van der Waals surface area contributed by atoms with E-state index in [1.165, 1.54) is 0 Å². The molecule has 0 bridgehead atoms. The summed E-state index contributed by atoms with van der Waals surface area (Å²) < 4.78 is 6.20. The van der Waals surface area contributed by atoms with Crippen LogP contribution in [0.5, 0.6) is 5.75 Å². The van der Waals surface area contributed by atoms with Crippen LogP contribution in [0, 0.1) is 0 Å². The number of ether oxygens (including phenoxy) is 1. The van der Waals surface area contributed by atoms with Gasteiger partial charge in [0.2, 0.25) is 0 Å². The molecule has 1 aliphatic carbocycles. The molecule has 0 unspecified atom stereocenters. The average Bonchev–Trinajstić information content (AvgIpc) is 3.09. The Kier molecular flexibility index (Phi) is 3.43. The Morgan fingerprint density at radius 3 is 3.00 bits per heavy atom. The van der Waals surface area contributed by atoms with Crippen LogP contribution < -0.4 is 4.74 Å². The van der Waals surface area contributed by atoms with Crippen molar-refractivity contribution in [1.82, 2.24) is 9.88 Å². The number of halogens is 1. The lowest BCUT2D eigenvalue weighted by atomic mass is 10.4. The summed E-state index contributed by atoms with van der Waals surface area (Å²) in [6.45, 7) is 0.0745. The summed E-state index contributed by atoms with van der Waals surface area (Å²) in [5.41, 5.74) is 0. The van der Waals surface area contributed by atoms with E-state index in [0.29, 0.717) is 11.8 Å². The molecule has 0 saturated heterocycles. The van der Waals surface area contributed by atoms with Gasteiger partial charge in [-0.05, 0) is 34.8 Å². The van der Waals surface area contributed by atoms with E-state index >= 15 is 0 Å². The molecule has 0 spiro atoms. The summed E-state index contributed by atoms with van der Waals surface area (Å²) in [4.78, 5) is 17.4. The van der Waals surface area contributed by atoms with Crippen molar-refractivity contribution in [2.24, 2.45) is 0 Å². The maximum Gasteiger partial charge on any atom is 0.260 e. The predicted molar refractivity (Wildman–Crippen MR) is 63.2 cm³/mol. The smallest absolute Gasteiger partial charge is 0.260 e. The van der Waals surface area contributed by atoms with Crippen LogP contribution in [-0.4, -0.2) is 35.5 Å². The normalized spacial score (nSPS) is 14.6. The molecule has 0 N–H and O–H groups in total. The van der Waals surface area contributed by atoms with Crippen molar-refractivity contribution in [3.05, 3.63) is 22.9 Å². The lowest BCUT2D eigenvalue weighted by Gasteiger charge is -2.16. The van der Waals surface area contributed by atoms with Gasteiger partial charge in [-0.15, -0.1) is 0 Å². The first kappa shape index (κ1) is 11.4. The Balaban J connectivity index is 1.84. The van der Waals surface area contributed by atoms with Crippen molar-refractivity contribution in [3.8, 4) is 5.75 Å². The van der Waals surface area contributed by atoms with Crippen LogP contribution in [0.3, 0.4) is 0 Å². The summed E-state index contributed by atoms with van der Waals surface area (Å²) in [7, 11) is 1.82. The minimum atomic E-state index is 0.0162. The fraction of sp³-hybridized carbons (Fsp3) is 0.455. The third-order valence-electron chi connectivity index (χ3n) is 2.53. The topological polar surface area (TPSA) is 42.4 Å². The summed E-state index contributed by atoms with van der Waals surface area (Å²) >= 11 is 3.29. The third-order valence-corrected chi connectivity index (χ3v) is 2.96. The van der Waals surface area contributed by atoms with E-state index < -0.39 is 0 Å². The van der Waals surface area contributed by atoms with Gasteiger partial charge in [0.25, 0.3) is 5.91 Å². The minimum Gasteiger partial charge on any atom is -0.482 e. The second-order valence-corrected chi connectivity index (χ2v) is 4.78. The highest BCUT2D eigenvalue weighted by Crippen LogP contribution is 2.25. The molecule has 1 amide bonds. The van der Waals surface area contributed by atoms with Gasteiger partial charge >= 0.3 is 0 Å². The van der Waals surface area contributed by atoms with Gasteiger partial charge in [0.05, 0.1) is 6.20 Å². The second kappa shape index (κ2) is 4.82. The molecule has 5 heteroatoms. The number of rotatable bonds is 4. The Labute approximate surface area is 103 Å².